The Kier molecular flexibility index (Phi) is 4.24. The summed E-state index contributed by atoms with van der Waals surface area (Å²) in [5.41, 5.74) is 2.86. The van der Waals surface area contributed by atoms with Crippen LogP contribution in [0.2, 0.25) is 0 Å². The second kappa shape index (κ2) is 6.20. The van der Waals surface area contributed by atoms with E-state index >= 15 is 0 Å². The molecule has 0 radical (unpaired) electrons. The lowest BCUT2D eigenvalue weighted by Crippen LogP contribution is -2.41. The minimum Gasteiger partial charge on any atom is -0.300 e. The molecule has 124 valence electrons. The van der Waals surface area contributed by atoms with E-state index in [1.54, 1.807) is 19.1 Å². The zero-order chi connectivity index (χ0) is 17.4. The number of fused-ring (bicyclic) bond motifs is 1. The van der Waals surface area contributed by atoms with Crippen molar-refractivity contribution in [2.45, 2.75) is 32.7 Å². The summed E-state index contributed by atoms with van der Waals surface area (Å²) in [5.74, 6) is -0.166. The zero-order valence-corrected chi connectivity index (χ0v) is 14.7. The first kappa shape index (κ1) is 16.4. The molecule has 5 nitrogen and oxygen atoms in total. The van der Waals surface area contributed by atoms with Crippen molar-refractivity contribution >= 4 is 34.0 Å². The van der Waals surface area contributed by atoms with Crippen molar-refractivity contribution in [1.29, 1.82) is 0 Å². The van der Waals surface area contributed by atoms with Crippen LogP contribution < -0.4 is 5.32 Å². The van der Waals surface area contributed by atoms with E-state index < -0.39 is 6.04 Å². The molecule has 1 aliphatic rings. The van der Waals surface area contributed by atoms with Crippen LogP contribution >= 0.6 is 11.3 Å². The van der Waals surface area contributed by atoms with E-state index in [9.17, 15) is 9.59 Å². The van der Waals surface area contributed by atoms with E-state index in [2.05, 4.69) is 16.9 Å². The highest BCUT2D eigenvalue weighted by Gasteiger charge is 2.36. The predicted octanol–water partition coefficient (Wildman–Crippen LogP) is 3.72. The molecule has 0 saturated heterocycles. The number of carbonyl (C=O) groups excluding carboxylic acids is 2. The predicted molar refractivity (Wildman–Crippen MR) is 95.9 cm³/mol. The summed E-state index contributed by atoms with van der Waals surface area (Å²) in [4.78, 5) is 31.0. The molecule has 6 heteroatoms. The third kappa shape index (κ3) is 2.73. The molecule has 1 N–H and O–H groups in total. The van der Waals surface area contributed by atoms with E-state index in [4.69, 9.17) is 0 Å². The van der Waals surface area contributed by atoms with Crippen LogP contribution in [0.1, 0.15) is 48.3 Å². The standard InChI is InChI=1S/C18H19N3O2S/c1-10(2)15-9-24-18(19-15)20-16(22)12(4)21-11(3)13-7-5-6-8-14(13)17(21)23/h5-10,12H,3H2,1-2,4H3,(H,19,20,22)/t12-/m0/s1. The Morgan fingerprint density at radius 3 is 2.50 bits per heavy atom. The van der Waals surface area contributed by atoms with Gasteiger partial charge in [0, 0.05) is 22.2 Å². The number of amides is 2. The third-order valence-corrected chi connectivity index (χ3v) is 4.86. The molecule has 2 heterocycles. The minimum absolute atomic E-state index is 0.194. The molecule has 0 bridgehead atoms. The molecule has 2 aromatic rings. The monoisotopic (exact) mass is 341 g/mol. The van der Waals surface area contributed by atoms with Crippen LogP contribution in [0.3, 0.4) is 0 Å². The lowest BCUT2D eigenvalue weighted by molar-refractivity contribution is -0.119. The summed E-state index contributed by atoms with van der Waals surface area (Å²) in [7, 11) is 0. The van der Waals surface area contributed by atoms with E-state index in [1.807, 2.05) is 31.4 Å². The number of thiazole rings is 1. The molecule has 0 saturated carbocycles. The first-order chi connectivity index (χ1) is 11.4. The van der Waals surface area contributed by atoms with Crippen LogP contribution in [0.4, 0.5) is 5.13 Å². The highest BCUT2D eigenvalue weighted by atomic mass is 32.1. The van der Waals surface area contributed by atoms with Gasteiger partial charge >= 0.3 is 0 Å². The highest BCUT2D eigenvalue weighted by Crippen LogP contribution is 2.33. The van der Waals surface area contributed by atoms with Gasteiger partial charge in [-0.25, -0.2) is 4.98 Å². The number of nitrogens with zero attached hydrogens (tertiary/aromatic N) is 2. The zero-order valence-electron chi connectivity index (χ0n) is 13.9. The second-order valence-corrected chi connectivity index (χ2v) is 6.92. The molecular weight excluding hydrogens is 322 g/mol. The van der Waals surface area contributed by atoms with Crippen LogP contribution in [0.25, 0.3) is 5.70 Å². The normalized spacial score (nSPS) is 14.9. The Morgan fingerprint density at radius 1 is 1.25 bits per heavy atom. The van der Waals surface area contributed by atoms with Gasteiger partial charge < -0.3 is 5.32 Å². The fourth-order valence-electron chi connectivity index (χ4n) is 2.65. The number of aromatic nitrogens is 1. The van der Waals surface area contributed by atoms with Crippen LogP contribution in [0, 0.1) is 0 Å². The van der Waals surface area contributed by atoms with Crippen molar-refractivity contribution in [3.8, 4) is 0 Å². The molecule has 1 aliphatic heterocycles. The second-order valence-electron chi connectivity index (χ2n) is 6.06. The van der Waals surface area contributed by atoms with Gasteiger partial charge in [0.1, 0.15) is 6.04 Å². The fraction of sp³-hybridized carbons (Fsp3) is 0.278. The van der Waals surface area contributed by atoms with Crippen molar-refractivity contribution in [2.75, 3.05) is 5.32 Å². The molecule has 0 aliphatic carbocycles. The van der Waals surface area contributed by atoms with Crippen LogP contribution in [-0.2, 0) is 4.79 Å². The van der Waals surface area contributed by atoms with Gasteiger partial charge in [-0.3, -0.25) is 14.5 Å². The third-order valence-electron chi connectivity index (χ3n) is 4.09. The van der Waals surface area contributed by atoms with E-state index in [0.717, 1.165) is 11.3 Å². The van der Waals surface area contributed by atoms with Gasteiger partial charge in [-0.2, -0.15) is 0 Å². The van der Waals surface area contributed by atoms with Gasteiger partial charge in [0.25, 0.3) is 5.91 Å². The maximum atomic E-state index is 12.6. The summed E-state index contributed by atoms with van der Waals surface area (Å²) in [6, 6.07) is 6.60. The molecular formula is C18H19N3O2S. The molecule has 1 aromatic carbocycles. The van der Waals surface area contributed by atoms with Gasteiger partial charge in [0.15, 0.2) is 5.13 Å². The first-order valence-corrected chi connectivity index (χ1v) is 8.66. The van der Waals surface area contributed by atoms with E-state index in [1.165, 1.54) is 16.2 Å². The molecule has 1 atom stereocenters. The number of nitrogens with one attached hydrogen (secondary N) is 1. The van der Waals surface area contributed by atoms with Gasteiger partial charge in [-0.1, -0.05) is 38.6 Å². The molecule has 1 aromatic heterocycles. The molecule has 24 heavy (non-hydrogen) atoms. The summed E-state index contributed by atoms with van der Waals surface area (Å²) in [6.07, 6.45) is 0. The molecule has 2 amide bonds. The van der Waals surface area contributed by atoms with E-state index in [-0.39, 0.29) is 11.8 Å². The number of hydrogen-bond donors (Lipinski definition) is 1. The number of hydrogen-bond acceptors (Lipinski definition) is 4. The van der Waals surface area contributed by atoms with Gasteiger partial charge in [-0.15, -0.1) is 11.3 Å². The SMILES string of the molecule is C=C1c2ccccc2C(=O)N1[C@@H](C)C(=O)Nc1nc(C(C)C)cs1. The summed E-state index contributed by atoms with van der Waals surface area (Å²) < 4.78 is 0. The van der Waals surface area contributed by atoms with Crippen molar-refractivity contribution in [2.24, 2.45) is 0 Å². The number of anilines is 1. The Morgan fingerprint density at radius 2 is 1.92 bits per heavy atom. The van der Waals surface area contributed by atoms with Crippen molar-refractivity contribution in [3.63, 3.8) is 0 Å². The van der Waals surface area contributed by atoms with Crippen LogP contribution in [0.15, 0.2) is 36.2 Å². The first-order valence-electron chi connectivity index (χ1n) is 7.78. The topological polar surface area (TPSA) is 62.3 Å². The van der Waals surface area contributed by atoms with Gasteiger partial charge in [0.2, 0.25) is 5.91 Å². The summed E-state index contributed by atoms with van der Waals surface area (Å²) in [6.45, 7) is 9.77. The quantitative estimate of drug-likeness (QED) is 0.922. The van der Waals surface area contributed by atoms with Crippen molar-refractivity contribution < 1.29 is 9.59 Å². The van der Waals surface area contributed by atoms with Crippen molar-refractivity contribution in [1.82, 2.24) is 9.88 Å². The largest absolute Gasteiger partial charge is 0.300 e. The van der Waals surface area contributed by atoms with Crippen LogP contribution in [0.5, 0.6) is 0 Å². The number of carbonyl (C=O) groups is 2. The van der Waals surface area contributed by atoms with Crippen LogP contribution in [-0.4, -0.2) is 27.7 Å². The van der Waals surface area contributed by atoms with Gasteiger partial charge in [0.05, 0.1) is 5.69 Å². The average Bonchev–Trinajstić information content (AvgIpc) is 3.12. The Balaban J connectivity index is 1.77. The maximum absolute atomic E-state index is 12.6. The lowest BCUT2D eigenvalue weighted by Gasteiger charge is -2.24. The highest BCUT2D eigenvalue weighted by molar-refractivity contribution is 7.13. The smallest absolute Gasteiger partial charge is 0.259 e. The summed E-state index contributed by atoms with van der Waals surface area (Å²) in [5, 5.41) is 5.27. The Labute approximate surface area is 145 Å². The molecule has 0 spiro atoms. The minimum atomic E-state index is -0.663. The number of rotatable bonds is 4. The van der Waals surface area contributed by atoms with Crippen molar-refractivity contribution in [3.05, 3.63) is 53.0 Å². The Hall–Kier alpha value is -2.47. The van der Waals surface area contributed by atoms with Gasteiger partial charge in [-0.05, 0) is 18.9 Å². The van der Waals surface area contributed by atoms with E-state index in [0.29, 0.717) is 22.3 Å². The molecule has 0 fully saturated rings. The summed E-state index contributed by atoms with van der Waals surface area (Å²) >= 11 is 1.39. The maximum Gasteiger partial charge on any atom is 0.259 e. The number of benzene rings is 1. The Bertz CT molecular complexity index is 790. The lowest BCUT2D eigenvalue weighted by atomic mass is 10.1. The average molecular weight is 341 g/mol. The fourth-order valence-corrected chi connectivity index (χ4v) is 3.52. The molecule has 3 rings (SSSR count). The molecule has 0 unspecified atom stereocenters.